The van der Waals surface area contributed by atoms with Gasteiger partial charge in [0.25, 0.3) is 0 Å². The quantitative estimate of drug-likeness (QED) is 0.228. The average molecular weight is 551 g/mol. The van der Waals surface area contributed by atoms with Crippen LogP contribution in [0.4, 0.5) is 4.79 Å². The molecule has 1 saturated carbocycles. The molecule has 222 valence electrons. The molecule has 0 aromatic heterocycles. The van der Waals surface area contributed by atoms with Gasteiger partial charge in [-0.05, 0) is 57.9 Å². The minimum Gasteiger partial charge on any atom is -0.460 e. The van der Waals surface area contributed by atoms with Gasteiger partial charge in [-0.25, -0.2) is 4.79 Å². The van der Waals surface area contributed by atoms with Gasteiger partial charge in [0.1, 0.15) is 31.1 Å². The summed E-state index contributed by atoms with van der Waals surface area (Å²) in [6.45, 7) is 11.0. The van der Waals surface area contributed by atoms with Gasteiger partial charge >= 0.3 is 12.1 Å². The Kier molecular flexibility index (Phi) is 13.7. The van der Waals surface area contributed by atoms with Crippen molar-refractivity contribution in [1.82, 2.24) is 10.6 Å². The lowest BCUT2D eigenvalue weighted by Gasteiger charge is -2.42. The Morgan fingerprint density at radius 3 is 2.23 bits per heavy atom. The number of methoxy groups -OCH3 is 1. The second-order valence-electron chi connectivity index (χ2n) is 11.9. The van der Waals surface area contributed by atoms with E-state index >= 15 is 0 Å². The summed E-state index contributed by atoms with van der Waals surface area (Å²) in [5.41, 5.74) is 0.196. The first kappa shape index (κ1) is 33.0. The first-order chi connectivity index (χ1) is 18.4. The van der Waals surface area contributed by atoms with E-state index in [1.807, 2.05) is 44.2 Å². The van der Waals surface area contributed by atoms with Crippen LogP contribution in [-0.4, -0.2) is 67.0 Å². The van der Waals surface area contributed by atoms with Crippen LogP contribution in [-0.2, 0) is 30.3 Å². The highest BCUT2D eigenvalue weighted by Gasteiger charge is 2.42. The molecule has 1 fully saturated rings. The molecule has 0 bridgehead atoms. The summed E-state index contributed by atoms with van der Waals surface area (Å²) in [6.07, 6.45) is 2.71. The Balaban J connectivity index is 2.40. The van der Waals surface area contributed by atoms with Crippen LogP contribution in [0.1, 0.15) is 79.2 Å². The van der Waals surface area contributed by atoms with Gasteiger partial charge in [0.05, 0.1) is 12.1 Å². The van der Waals surface area contributed by atoms with Gasteiger partial charge in [-0.15, -0.1) is 0 Å². The van der Waals surface area contributed by atoms with Crippen LogP contribution in [0.25, 0.3) is 0 Å². The maximum Gasteiger partial charge on any atom is 0.408 e. The van der Waals surface area contributed by atoms with E-state index in [1.54, 1.807) is 27.7 Å². The van der Waals surface area contributed by atoms with Crippen molar-refractivity contribution in [3.63, 3.8) is 0 Å². The van der Waals surface area contributed by atoms with Gasteiger partial charge in [0, 0.05) is 13.2 Å². The van der Waals surface area contributed by atoms with E-state index in [2.05, 4.69) is 10.6 Å². The molecule has 39 heavy (non-hydrogen) atoms. The van der Waals surface area contributed by atoms with Gasteiger partial charge in [-0.2, -0.15) is 0 Å². The molecule has 2 unspecified atom stereocenters. The average Bonchev–Trinajstić information content (AvgIpc) is 2.87. The van der Waals surface area contributed by atoms with E-state index in [-0.39, 0.29) is 31.2 Å². The van der Waals surface area contributed by atoms with Crippen molar-refractivity contribution >= 4 is 12.1 Å². The van der Waals surface area contributed by atoms with E-state index in [4.69, 9.17) is 18.9 Å². The lowest BCUT2D eigenvalue weighted by Crippen LogP contribution is -2.65. The molecule has 0 saturated heterocycles. The van der Waals surface area contributed by atoms with Gasteiger partial charge < -0.3 is 29.4 Å². The number of aliphatic hydroxyl groups excluding tert-OH is 1. The molecule has 1 aliphatic carbocycles. The molecular formula is C30H50N2O7. The van der Waals surface area contributed by atoms with E-state index in [0.29, 0.717) is 0 Å². The highest BCUT2D eigenvalue weighted by atomic mass is 16.7. The van der Waals surface area contributed by atoms with Gasteiger partial charge in [0.2, 0.25) is 0 Å². The predicted octanol–water partition coefficient (Wildman–Crippen LogP) is 4.56. The molecule has 1 aromatic rings. The fraction of sp³-hybridized carbons (Fsp3) is 0.733. The summed E-state index contributed by atoms with van der Waals surface area (Å²) in [5.74, 6) is -0.322. The van der Waals surface area contributed by atoms with Crippen LogP contribution in [0.2, 0.25) is 0 Å². The van der Waals surface area contributed by atoms with Crippen LogP contribution in [0.15, 0.2) is 30.3 Å². The zero-order valence-electron chi connectivity index (χ0n) is 24.8. The Labute approximate surface area is 234 Å². The van der Waals surface area contributed by atoms with Gasteiger partial charge in [-0.1, -0.05) is 63.4 Å². The molecule has 5 atom stereocenters. The van der Waals surface area contributed by atoms with Crippen molar-refractivity contribution in [3.8, 4) is 0 Å². The van der Waals surface area contributed by atoms with E-state index in [1.165, 1.54) is 7.11 Å². The van der Waals surface area contributed by atoms with Crippen molar-refractivity contribution in [2.24, 2.45) is 11.8 Å². The molecule has 2 rings (SSSR count). The molecule has 0 heterocycles. The zero-order chi connectivity index (χ0) is 29.0. The summed E-state index contributed by atoms with van der Waals surface area (Å²) in [4.78, 5) is 26.4. The molecule has 9 heteroatoms. The van der Waals surface area contributed by atoms with E-state index in [0.717, 1.165) is 37.7 Å². The number of alkyl carbamates (subject to hydrolysis) is 1. The van der Waals surface area contributed by atoms with Crippen LogP contribution in [0, 0.1) is 11.8 Å². The molecule has 0 spiro atoms. The van der Waals surface area contributed by atoms with Crippen molar-refractivity contribution in [1.29, 1.82) is 0 Å². The number of hydrogen-bond donors (Lipinski definition) is 3. The van der Waals surface area contributed by atoms with Gasteiger partial charge in [0.15, 0.2) is 0 Å². The number of rotatable bonds is 14. The van der Waals surface area contributed by atoms with Crippen molar-refractivity contribution in [3.05, 3.63) is 35.9 Å². The molecule has 1 aliphatic rings. The SMILES string of the molecule is COCO[C@@H]([C@H](C)O)[C@@H](NC(=O)OC(C)(C)C)C(NC(C(=O)OCc1ccccc1)C(C)C)C1CCCCC1. The van der Waals surface area contributed by atoms with Gasteiger partial charge in [-0.3, -0.25) is 10.1 Å². The smallest absolute Gasteiger partial charge is 0.408 e. The van der Waals surface area contributed by atoms with Crippen LogP contribution < -0.4 is 10.6 Å². The topological polar surface area (TPSA) is 115 Å². The number of aliphatic hydroxyl groups is 1. The summed E-state index contributed by atoms with van der Waals surface area (Å²) < 4.78 is 22.4. The first-order valence-corrected chi connectivity index (χ1v) is 14.2. The van der Waals surface area contributed by atoms with E-state index < -0.39 is 42.0 Å². The predicted molar refractivity (Wildman–Crippen MR) is 150 cm³/mol. The molecule has 9 nitrogen and oxygen atoms in total. The fourth-order valence-corrected chi connectivity index (χ4v) is 5.09. The van der Waals surface area contributed by atoms with Crippen molar-refractivity contribution in [2.75, 3.05) is 13.9 Å². The molecule has 0 radical (unpaired) electrons. The molecule has 1 aromatic carbocycles. The maximum atomic E-state index is 13.4. The van der Waals surface area contributed by atoms with Crippen molar-refractivity contribution < 1.29 is 33.6 Å². The fourth-order valence-electron chi connectivity index (χ4n) is 5.09. The Morgan fingerprint density at radius 2 is 1.69 bits per heavy atom. The Morgan fingerprint density at radius 1 is 1.05 bits per heavy atom. The number of esters is 1. The number of carbonyl (C=O) groups is 2. The second kappa shape index (κ2) is 16.2. The summed E-state index contributed by atoms with van der Waals surface area (Å²) in [5, 5.41) is 17.3. The number of amides is 1. The first-order valence-electron chi connectivity index (χ1n) is 14.2. The lowest BCUT2D eigenvalue weighted by molar-refractivity contribution is -0.150. The molecule has 1 amide bonds. The third-order valence-corrected chi connectivity index (χ3v) is 6.95. The number of hydrogen-bond acceptors (Lipinski definition) is 8. The standard InChI is InChI=1S/C30H50N2O7/c1-20(2)24(28(34)37-18-22-14-10-8-11-15-22)31-25(23-16-12-9-13-17-23)26(27(21(3)33)38-19-36-7)32-29(35)39-30(4,5)6/h8,10-11,14-15,20-21,23-27,31,33H,9,12-13,16-19H2,1-7H3,(H,32,35)/t21-,24?,25?,26-,27-/m0/s1. The van der Waals surface area contributed by atoms with Crippen LogP contribution in [0.5, 0.6) is 0 Å². The minimum atomic E-state index is -0.935. The number of carbonyl (C=O) groups excluding carboxylic acids is 2. The third kappa shape index (κ3) is 11.4. The highest BCUT2D eigenvalue weighted by Crippen LogP contribution is 2.31. The minimum absolute atomic E-state index is 0.0633. The number of nitrogens with one attached hydrogen (secondary N) is 2. The van der Waals surface area contributed by atoms with E-state index in [9.17, 15) is 14.7 Å². The zero-order valence-corrected chi connectivity index (χ0v) is 24.8. The summed E-state index contributed by atoms with van der Waals surface area (Å²) in [7, 11) is 1.50. The summed E-state index contributed by atoms with van der Waals surface area (Å²) >= 11 is 0. The van der Waals surface area contributed by atoms with Crippen molar-refractivity contribution in [2.45, 2.75) is 116 Å². The van der Waals surface area contributed by atoms with Crippen LogP contribution in [0.3, 0.4) is 0 Å². The number of ether oxygens (including phenoxy) is 4. The molecule has 0 aliphatic heterocycles. The third-order valence-electron chi connectivity index (χ3n) is 6.95. The lowest BCUT2D eigenvalue weighted by atomic mass is 9.78. The highest BCUT2D eigenvalue weighted by molar-refractivity contribution is 5.76. The largest absolute Gasteiger partial charge is 0.460 e. The Bertz CT molecular complexity index is 851. The Hall–Kier alpha value is -2.20. The van der Waals surface area contributed by atoms with Crippen LogP contribution >= 0.6 is 0 Å². The maximum absolute atomic E-state index is 13.4. The monoisotopic (exact) mass is 550 g/mol. The molecular weight excluding hydrogens is 500 g/mol. The normalized spacial score (nSPS) is 18.6. The second-order valence-corrected chi connectivity index (χ2v) is 11.9. The molecule has 3 N–H and O–H groups in total. The number of benzene rings is 1. The summed E-state index contributed by atoms with van der Waals surface area (Å²) in [6, 6.07) is 7.81.